The minimum absolute atomic E-state index is 0.0898. The fourth-order valence-corrected chi connectivity index (χ4v) is 2.26. The van der Waals surface area contributed by atoms with Crippen molar-refractivity contribution in [2.24, 2.45) is 0 Å². The van der Waals surface area contributed by atoms with Crippen LogP contribution in [0.15, 0.2) is 59.4 Å². The van der Waals surface area contributed by atoms with Crippen molar-refractivity contribution in [1.82, 2.24) is 4.98 Å². The van der Waals surface area contributed by atoms with Gasteiger partial charge >= 0.3 is 0 Å². The van der Waals surface area contributed by atoms with Crippen molar-refractivity contribution in [2.75, 3.05) is 0 Å². The maximum Gasteiger partial charge on any atom is 0.248 e. The van der Waals surface area contributed by atoms with Crippen LogP contribution in [0, 0.1) is 0 Å². The first-order valence-electron chi connectivity index (χ1n) is 5.62. The van der Waals surface area contributed by atoms with E-state index in [-0.39, 0.29) is 5.56 Å². The van der Waals surface area contributed by atoms with Gasteiger partial charge in [-0.15, -0.1) is 0 Å². The summed E-state index contributed by atoms with van der Waals surface area (Å²) in [6, 6.07) is 16.9. The summed E-state index contributed by atoms with van der Waals surface area (Å²) in [5.41, 5.74) is 2.78. The van der Waals surface area contributed by atoms with Gasteiger partial charge in [0.2, 0.25) is 5.56 Å². The molecule has 0 amide bonds. The lowest BCUT2D eigenvalue weighted by molar-refractivity contribution is 1.31. The Labute approximate surface area is 109 Å². The van der Waals surface area contributed by atoms with Gasteiger partial charge in [-0.05, 0) is 35.2 Å². The molecule has 2 nitrogen and oxygen atoms in total. The zero-order chi connectivity index (χ0) is 12.5. The van der Waals surface area contributed by atoms with Crippen LogP contribution in [-0.2, 0) is 0 Å². The number of benzene rings is 2. The van der Waals surface area contributed by atoms with E-state index in [2.05, 4.69) is 4.98 Å². The summed E-state index contributed by atoms with van der Waals surface area (Å²) in [5.74, 6) is 0. The Bertz CT molecular complexity index is 777. The van der Waals surface area contributed by atoms with E-state index in [4.69, 9.17) is 11.6 Å². The van der Waals surface area contributed by atoms with Gasteiger partial charge in [-0.25, -0.2) is 0 Å². The summed E-state index contributed by atoms with van der Waals surface area (Å²) in [4.78, 5) is 14.0. The molecule has 3 rings (SSSR count). The average Bonchev–Trinajstić information content (AvgIpc) is 2.39. The standard InChI is InChI=1S/C15H10ClNO/c16-13-4-2-1-3-12(13)10-5-7-14-11(9-10)6-8-15(18)17-14/h1-9H,(H,17,18). The number of hydrogen-bond donors (Lipinski definition) is 1. The van der Waals surface area contributed by atoms with Crippen LogP contribution < -0.4 is 5.56 Å². The van der Waals surface area contributed by atoms with Crippen molar-refractivity contribution < 1.29 is 0 Å². The number of H-pyrrole nitrogens is 1. The number of aromatic amines is 1. The number of fused-ring (bicyclic) bond motifs is 1. The molecule has 0 radical (unpaired) electrons. The van der Waals surface area contributed by atoms with Gasteiger partial charge in [0.25, 0.3) is 0 Å². The Kier molecular flexibility index (Phi) is 2.65. The molecule has 0 unspecified atom stereocenters. The van der Waals surface area contributed by atoms with Gasteiger partial charge in [0.1, 0.15) is 0 Å². The number of nitrogens with one attached hydrogen (secondary N) is 1. The highest BCUT2D eigenvalue weighted by Crippen LogP contribution is 2.29. The second-order valence-corrected chi connectivity index (χ2v) is 4.51. The summed E-state index contributed by atoms with van der Waals surface area (Å²) >= 11 is 6.18. The van der Waals surface area contributed by atoms with Gasteiger partial charge in [-0.2, -0.15) is 0 Å². The van der Waals surface area contributed by atoms with E-state index >= 15 is 0 Å². The van der Waals surface area contributed by atoms with E-state index < -0.39 is 0 Å². The van der Waals surface area contributed by atoms with Gasteiger partial charge in [-0.3, -0.25) is 4.79 Å². The summed E-state index contributed by atoms with van der Waals surface area (Å²) in [6.45, 7) is 0. The molecule has 0 saturated carbocycles. The van der Waals surface area contributed by atoms with Crippen molar-refractivity contribution in [3.63, 3.8) is 0 Å². The maximum absolute atomic E-state index is 11.2. The number of rotatable bonds is 1. The second kappa shape index (κ2) is 4.31. The Morgan fingerprint density at radius 2 is 1.78 bits per heavy atom. The van der Waals surface area contributed by atoms with Gasteiger partial charge in [0.15, 0.2) is 0 Å². The topological polar surface area (TPSA) is 32.9 Å². The Morgan fingerprint density at radius 3 is 2.61 bits per heavy atom. The molecule has 1 aromatic heterocycles. The monoisotopic (exact) mass is 255 g/mol. The molecule has 0 fully saturated rings. The number of pyridine rings is 1. The highest BCUT2D eigenvalue weighted by atomic mass is 35.5. The van der Waals surface area contributed by atoms with Crippen LogP contribution in [0.3, 0.4) is 0 Å². The minimum Gasteiger partial charge on any atom is -0.322 e. The number of aromatic nitrogens is 1. The first kappa shape index (κ1) is 11.1. The van der Waals surface area contributed by atoms with Crippen molar-refractivity contribution in [2.45, 2.75) is 0 Å². The van der Waals surface area contributed by atoms with Crippen molar-refractivity contribution in [3.8, 4) is 11.1 Å². The van der Waals surface area contributed by atoms with Crippen LogP contribution in [-0.4, -0.2) is 4.98 Å². The van der Waals surface area contributed by atoms with Crippen molar-refractivity contribution in [1.29, 1.82) is 0 Å². The van der Waals surface area contributed by atoms with Crippen molar-refractivity contribution >= 4 is 22.5 Å². The molecule has 3 aromatic rings. The highest BCUT2D eigenvalue weighted by Gasteiger charge is 2.03. The molecule has 0 spiro atoms. The average molecular weight is 256 g/mol. The van der Waals surface area contributed by atoms with E-state index in [0.717, 1.165) is 27.1 Å². The smallest absolute Gasteiger partial charge is 0.248 e. The van der Waals surface area contributed by atoms with Gasteiger partial charge in [0, 0.05) is 22.2 Å². The van der Waals surface area contributed by atoms with Crippen LogP contribution in [0.25, 0.3) is 22.0 Å². The molecule has 0 saturated heterocycles. The predicted octanol–water partition coefficient (Wildman–Crippen LogP) is 3.85. The van der Waals surface area contributed by atoms with Gasteiger partial charge in [-0.1, -0.05) is 35.9 Å². The van der Waals surface area contributed by atoms with E-state index in [1.165, 1.54) is 6.07 Å². The fraction of sp³-hybridized carbons (Fsp3) is 0. The molecule has 18 heavy (non-hydrogen) atoms. The van der Waals surface area contributed by atoms with E-state index in [0.29, 0.717) is 0 Å². The molecule has 1 heterocycles. The summed E-state index contributed by atoms with van der Waals surface area (Å²) < 4.78 is 0. The third-order valence-corrected chi connectivity index (χ3v) is 3.24. The zero-order valence-corrected chi connectivity index (χ0v) is 10.2. The lowest BCUT2D eigenvalue weighted by Crippen LogP contribution is -2.01. The molecule has 0 aliphatic carbocycles. The molecule has 0 aliphatic rings. The summed E-state index contributed by atoms with van der Waals surface area (Å²) in [6.07, 6.45) is 0. The molecular weight excluding hydrogens is 246 g/mol. The van der Waals surface area contributed by atoms with E-state index in [9.17, 15) is 4.79 Å². The third kappa shape index (κ3) is 1.91. The number of hydrogen-bond acceptors (Lipinski definition) is 1. The van der Waals surface area contributed by atoms with Crippen LogP contribution in [0.1, 0.15) is 0 Å². The fourth-order valence-electron chi connectivity index (χ4n) is 2.02. The quantitative estimate of drug-likeness (QED) is 0.704. The Hall–Kier alpha value is -2.06. The molecule has 1 N–H and O–H groups in total. The lowest BCUT2D eigenvalue weighted by atomic mass is 10.0. The molecule has 3 heteroatoms. The molecule has 0 aliphatic heterocycles. The third-order valence-electron chi connectivity index (χ3n) is 2.91. The molecule has 2 aromatic carbocycles. The summed E-state index contributed by atoms with van der Waals surface area (Å²) in [5, 5.41) is 1.72. The van der Waals surface area contributed by atoms with Crippen LogP contribution >= 0.6 is 11.6 Å². The first-order chi connectivity index (χ1) is 8.74. The second-order valence-electron chi connectivity index (χ2n) is 4.10. The predicted molar refractivity (Wildman–Crippen MR) is 75.0 cm³/mol. The Balaban J connectivity index is 2.23. The lowest BCUT2D eigenvalue weighted by Gasteiger charge is -2.05. The SMILES string of the molecule is O=c1ccc2cc(-c3ccccc3Cl)ccc2[nH]1. The molecule has 0 atom stereocenters. The normalized spacial score (nSPS) is 10.7. The highest BCUT2D eigenvalue weighted by molar-refractivity contribution is 6.33. The van der Waals surface area contributed by atoms with Crippen LogP contribution in [0.4, 0.5) is 0 Å². The minimum atomic E-state index is -0.0898. The van der Waals surface area contributed by atoms with Crippen LogP contribution in [0.5, 0.6) is 0 Å². The maximum atomic E-state index is 11.2. The summed E-state index contributed by atoms with van der Waals surface area (Å²) in [7, 11) is 0. The van der Waals surface area contributed by atoms with E-state index in [1.807, 2.05) is 48.5 Å². The van der Waals surface area contributed by atoms with Crippen molar-refractivity contribution in [3.05, 3.63) is 70.0 Å². The van der Waals surface area contributed by atoms with Gasteiger partial charge in [0.05, 0.1) is 0 Å². The Morgan fingerprint density at radius 1 is 0.944 bits per heavy atom. The molecular formula is C15H10ClNO. The number of halogens is 1. The zero-order valence-electron chi connectivity index (χ0n) is 9.48. The molecule has 0 bridgehead atoms. The van der Waals surface area contributed by atoms with Crippen LogP contribution in [0.2, 0.25) is 5.02 Å². The van der Waals surface area contributed by atoms with Gasteiger partial charge < -0.3 is 4.98 Å². The largest absolute Gasteiger partial charge is 0.322 e. The first-order valence-corrected chi connectivity index (χ1v) is 6.00. The van der Waals surface area contributed by atoms with E-state index in [1.54, 1.807) is 0 Å². The molecule has 88 valence electrons.